The van der Waals surface area contributed by atoms with Gasteiger partial charge in [-0.25, -0.2) is 0 Å². The van der Waals surface area contributed by atoms with E-state index in [9.17, 15) is 0 Å². The molecule has 0 saturated heterocycles. The molecule has 1 aliphatic carbocycles. The molecule has 3 aromatic carbocycles. The smallest absolute Gasteiger partial charge is 0.119 e. The number of methoxy groups -OCH3 is 1. The van der Waals surface area contributed by atoms with Gasteiger partial charge in [-0.2, -0.15) is 0 Å². The maximum atomic E-state index is 5.41. The van der Waals surface area contributed by atoms with Gasteiger partial charge in [0.1, 0.15) is 5.75 Å². The van der Waals surface area contributed by atoms with Gasteiger partial charge in [-0.1, -0.05) is 30.3 Å². The zero-order valence-electron chi connectivity index (χ0n) is 12.8. The van der Waals surface area contributed by atoms with Crippen molar-refractivity contribution in [2.24, 2.45) is 0 Å². The summed E-state index contributed by atoms with van der Waals surface area (Å²) in [5.74, 6) is 0.930. The second-order valence-corrected chi connectivity index (χ2v) is 6.50. The SMILES string of the molecule is COc1ccc2cc3c(c(SC)c2c1)CCc1ccccc1-3. The minimum atomic E-state index is 0.930. The molecule has 1 nitrogen and oxygen atoms in total. The highest BCUT2D eigenvalue weighted by Crippen LogP contribution is 2.42. The summed E-state index contributed by atoms with van der Waals surface area (Å²) in [7, 11) is 1.73. The predicted molar refractivity (Wildman–Crippen MR) is 95.1 cm³/mol. The first-order valence-electron chi connectivity index (χ1n) is 7.57. The van der Waals surface area contributed by atoms with E-state index in [0.29, 0.717) is 0 Å². The summed E-state index contributed by atoms with van der Waals surface area (Å²) in [5, 5.41) is 2.60. The summed E-state index contributed by atoms with van der Waals surface area (Å²) in [6.45, 7) is 0. The lowest BCUT2D eigenvalue weighted by Crippen LogP contribution is -2.05. The number of aryl methyl sites for hydroxylation is 1. The molecule has 0 N–H and O–H groups in total. The van der Waals surface area contributed by atoms with Crippen molar-refractivity contribution in [3.8, 4) is 16.9 Å². The lowest BCUT2D eigenvalue weighted by atomic mass is 9.84. The molecule has 0 bridgehead atoms. The third-order valence-corrected chi connectivity index (χ3v) is 5.43. The second-order valence-electron chi connectivity index (χ2n) is 5.68. The van der Waals surface area contributed by atoms with E-state index in [1.807, 2.05) is 17.8 Å². The minimum Gasteiger partial charge on any atom is -0.497 e. The molecule has 0 fully saturated rings. The fourth-order valence-corrected chi connectivity index (χ4v) is 4.35. The van der Waals surface area contributed by atoms with E-state index in [4.69, 9.17) is 4.74 Å². The van der Waals surface area contributed by atoms with Crippen LogP contribution in [0.4, 0.5) is 0 Å². The summed E-state index contributed by atoms with van der Waals surface area (Å²) >= 11 is 1.85. The van der Waals surface area contributed by atoms with Crippen LogP contribution in [0.5, 0.6) is 5.75 Å². The third kappa shape index (κ3) is 2.02. The molecule has 0 aliphatic heterocycles. The molecule has 0 unspecified atom stereocenters. The number of thioether (sulfide) groups is 1. The zero-order valence-corrected chi connectivity index (χ0v) is 13.7. The molecule has 0 atom stereocenters. The van der Waals surface area contributed by atoms with Crippen LogP contribution in [0.3, 0.4) is 0 Å². The van der Waals surface area contributed by atoms with Gasteiger partial charge in [0.15, 0.2) is 0 Å². The summed E-state index contributed by atoms with van der Waals surface area (Å²) in [5.41, 5.74) is 5.77. The molecule has 0 spiro atoms. The van der Waals surface area contributed by atoms with E-state index in [2.05, 4.69) is 48.7 Å². The van der Waals surface area contributed by atoms with Crippen LogP contribution in [0.1, 0.15) is 11.1 Å². The van der Waals surface area contributed by atoms with Gasteiger partial charge >= 0.3 is 0 Å². The maximum Gasteiger partial charge on any atom is 0.119 e. The highest BCUT2D eigenvalue weighted by molar-refractivity contribution is 7.98. The second kappa shape index (κ2) is 5.36. The van der Waals surface area contributed by atoms with Gasteiger partial charge in [-0.15, -0.1) is 11.8 Å². The number of rotatable bonds is 2. The molecule has 0 saturated carbocycles. The van der Waals surface area contributed by atoms with Gasteiger partial charge in [0.05, 0.1) is 7.11 Å². The van der Waals surface area contributed by atoms with Gasteiger partial charge in [-0.3, -0.25) is 0 Å². The minimum absolute atomic E-state index is 0.930. The Hall–Kier alpha value is -1.93. The van der Waals surface area contributed by atoms with Crippen molar-refractivity contribution in [2.75, 3.05) is 13.4 Å². The first-order chi connectivity index (χ1) is 10.8. The Morgan fingerprint density at radius 1 is 0.955 bits per heavy atom. The normalized spacial score (nSPS) is 12.8. The number of ether oxygens (including phenoxy) is 1. The molecular weight excluding hydrogens is 288 g/mol. The average Bonchev–Trinajstić information content (AvgIpc) is 2.59. The first-order valence-corrected chi connectivity index (χ1v) is 8.80. The van der Waals surface area contributed by atoms with Crippen molar-refractivity contribution in [1.82, 2.24) is 0 Å². The van der Waals surface area contributed by atoms with Crippen LogP contribution in [-0.2, 0) is 12.8 Å². The number of fused-ring (bicyclic) bond motifs is 4. The van der Waals surface area contributed by atoms with E-state index in [1.54, 1.807) is 7.11 Å². The Labute approximate surface area is 135 Å². The first kappa shape index (κ1) is 13.7. The Morgan fingerprint density at radius 2 is 1.82 bits per heavy atom. The van der Waals surface area contributed by atoms with Crippen molar-refractivity contribution in [3.05, 3.63) is 59.7 Å². The van der Waals surface area contributed by atoms with Gasteiger partial charge < -0.3 is 4.74 Å². The molecule has 1 aliphatic rings. The number of hydrogen-bond donors (Lipinski definition) is 0. The maximum absolute atomic E-state index is 5.41. The van der Waals surface area contributed by atoms with Gasteiger partial charge in [-0.05, 0) is 70.3 Å². The third-order valence-electron chi connectivity index (χ3n) is 4.56. The van der Waals surface area contributed by atoms with Crippen LogP contribution >= 0.6 is 11.8 Å². The molecular formula is C20H18OS. The van der Waals surface area contributed by atoms with Crippen molar-refractivity contribution in [1.29, 1.82) is 0 Å². The van der Waals surface area contributed by atoms with Crippen molar-refractivity contribution < 1.29 is 4.74 Å². The van der Waals surface area contributed by atoms with Crippen LogP contribution < -0.4 is 4.74 Å². The van der Waals surface area contributed by atoms with Crippen LogP contribution in [0.2, 0.25) is 0 Å². The van der Waals surface area contributed by atoms with E-state index in [1.165, 1.54) is 37.9 Å². The lowest BCUT2D eigenvalue weighted by molar-refractivity contribution is 0.415. The number of benzene rings is 3. The summed E-state index contributed by atoms with van der Waals surface area (Å²) < 4.78 is 5.41. The largest absolute Gasteiger partial charge is 0.497 e. The Balaban J connectivity index is 2.06. The lowest BCUT2D eigenvalue weighted by Gasteiger charge is -2.23. The van der Waals surface area contributed by atoms with Gasteiger partial charge in [0.25, 0.3) is 0 Å². The fraction of sp³-hybridized carbons (Fsp3) is 0.200. The van der Waals surface area contributed by atoms with Crippen LogP contribution in [0.25, 0.3) is 21.9 Å². The molecule has 0 radical (unpaired) electrons. The molecule has 0 aromatic heterocycles. The quantitative estimate of drug-likeness (QED) is 0.591. The van der Waals surface area contributed by atoms with E-state index < -0.39 is 0 Å². The summed E-state index contributed by atoms with van der Waals surface area (Å²) in [6.07, 6.45) is 4.43. The molecule has 4 rings (SSSR count). The van der Waals surface area contributed by atoms with E-state index >= 15 is 0 Å². The molecule has 2 heteroatoms. The van der Waals surface area contributed by atoms with Crippen molar-refractivity contribution in [2.45, 2.75) is 17.7 Å². The van der Waals surface area contributed by atoms with E-state index in [0.717, 1.165) is 18.6 Å². The van der Waals surface area contributed by atoms with Crippen molar-refractivity contribution >= 4 is 22.5 Å². The standard InChI is InChI=1S/C20H18OS/c1-21-15-9-7-14-11-19-16-6-4-3-5-13(16)8-10-17(19)20(22-2)18(14)12-15/h3-7,9,11-12H,8,10H2,1-2H3. The van der Waals surface area contributed by atoms with Gasteiger partial charge in [0.2, 0.25) is 0 Å². The van der Waals surface area contributed by atoms with Crippen LogP contribution in [0, 0.1) is 0 Å². The van der Waals surface area contributed by atoms with Crippen LogP contribution in [-0.4, -0.2) is 13.4 Å². The topological polar surface area (TPSA) is 9.23 Å². The molecule has 3 aromatic rings. The Morgan fingerprint density at radius 3 is 2.64 bits per heavy atom. The Kier molecular flexibility index (Phi) is 3.34. The monoisotopic (exact) mass is 306 g/mol. The fourth-order valence-electron chi connectivity index (χ4n) is 3.49. The molecule has 110 valence electrons. The average molecular weight is 306 g/mol. The highest BCUT2D eigenvalue weighted by Gasteiger charge is 2.20. The van der Waals surface area contributed by atoms with Crippen LogP contribution in [0.15, 0.2) is 53.4 Å². The predicted octanol–water partition coefficient (Wildman–Crippen LogP) is 5.34. The summed E-state index contributed by atoms with van der Waals surface area (Å²) in [6, 6.07) is 17.5. The number of hydrogen-bond acceptors (Lipinski definition) is 2. The van der Waals surface area contributed by atoms with Crippen molar-refractivity contribution in [3.63, 3.8) is 0 Å². The van der Waals surface area contributed by atoms with Gasteiger partial charge in [0, 0.05) is 4.90 Å². The molecule has 22 heavy (non-hydrogen) atoms. The van der Waals surface area contributed by atoms with E-state index in [-0.39, 0.29) is 0 Å². The molecule has 0 amide bonds. The molecule has 0 heterocycles. The zero-order chi connectivity index (χ0) is 15.1. The highest BCUT2D eigenvalue weighted by atomic mass is 32.2. The Bertz CT molecular complexity index is 867. The summed E-state index contributed by atoms with van der Waals surface area (Å²) in [4.78, 5) is 1.40.